The lowest BCUT2D eigenvalue weighted by molar-refractivity contribution is -0.142. The number of carbonyl (C=O) groups excluding carboxylic acids is 2. The molecule has 0 aliphatic heterocycles. The van der Waals surface area contributed by atoms with Gasteiger partial charge in [-0.2, -0.15) is 9.97 Å². The van der Waals surface area contributed by atoms with Gasteiger partial charge in [-0.3, -0.25) is 9.59 Å². The third-order valence-electron chi connectivity index (χ3n) is 6.33. The van der Waals surface area contributed by atoms with E-state index in [0.29, 0.717) is 35.9 Å². The maximum absolute atomic E-state index is 14.9. The predicted octanol–water partition coefficient (Wildman–Crippen LogP) is 4.59. The highest BCUT2D eigenvalue weighted by atomic mass is 19.1. The van der Waals surface area contributed by atoms with Gasteiger partial charge < -0.3 is 29.6 Å². The van der Waals surface area contributed by atoms with Gasteiger partial charge in [-0.1, -0.05) is 44.1 Å². The van der Waals surface area contributed by atoms with Crippen LogP contribution in [-0.2, 0) is 9.53 Å². The Labute approximate surface area is 241 Å². The van der Waals surface area contributed by atoms with E-state index in [1.165, 1.54) is 12.1 Å². The van der Waals surface area contributed by atoms with Crippen LogP contribution in [-0.4, -0.2) is 51.4 Å². The van der Waals surface area contributed by atoms with Crippen LogP contribution < -0.4 is 15.8 Å². The van der Waals surface area contributed by atoms with Crippen molar-refractivity contribution in [2.24, 2.45) is 5.73 Å². The zero-order valence-corrected chi connectivity index (χ0v) is 23.8. The molecule has 0 radical (unpaired) electrons. The largest absolute Gasteiger partial charge is 0.481 e. The van der Waals surface area contributed by atoms with E-state index in [4.69, 9.17) is 24.3 Å². The average molecular weight is 581 g/mol. The average Bonchev–Trinajstić information content (AvgIpc) is 3.69. The fourth-order valence-corrected chi connectivity index (χ4v) is 3.84. The standard InChI is InChI=1S/C29H33FN6O6/c1-5-19(15-39-24(37)14-31)32-27(38)21-12-9-18(13-22(21)30)26-34-29(42-36-26)23(6-2)40-20-10-7-17(8-11-20)25-33-28(16(3)4)41-35-25/h7-13,16,19,23H,5-6,14-15,31H2,1-4H3,(H,32,38)/t19-,23?/m1/s1. The SMILES string of the molecule is CCC(Oc1ccc(-c2noc(C(C)C)n2)cc1)c1nc(-c2ccc(C(=O)N[C@H](CC)COC(=O)CN)c(F)c2)no1. The van der Waals surface area contributed by atoms with Crippen molar-refractivity contribution in [3.63, 3.8) is 0 Å². The summed E-state index contributed by atoms with van der Waals surface area (Å²) in [7, 11) is 0. The van der Waals surface area contributed by atoms with Gasteiger partial charge in [-0.15, -0.1) is 0 Å². The summed E-state index contributed by atoms with van der Waals surface area (Å²) in [5.41, 5.74) is 6.15. The molecule has 0 aliphatic rings. The van der Waals surface area contributed by atoms with E-state index in [0.717, 1.165) is 11.6 Å². The van der Waals surface area contributed by atoms with Crippen LogP contribution in [0.3, 0.4) is 0 Å². The highest BCUT2D eigenvalue weighted by molar-refractivity contribution is 5.95. The van der Waals surface area contributed by atoms with Crippen molar-refractivity contribution >= 4 is 11.9 Å². The topological polar surface area (TPSA) is 168 Å². The first-order valence-corrected chi connectivity index (χ1v) is 13.6. The smallest absolute Gasteiger partial charge is 0.319 e. The molecule has 13 heteroatoms. The van der Waals surface area contributed by atoms with Gasteiger partial charge in [-0.05, 0) is 49.2 Å². The summed E-state index contributed by atoms with van der Waals surface area (Å²) in [6.07, 6.45) is 0.445. The van der Waals surface area contributed by atoms with Crippen molar-refractivity contribution in [1.29, 1.82) is 0 Å². The third-order valence-corrected chi connectivity index (χ3v) is 6.33. The first-order chi connectivity index (χ1) is 20.2. The monoisotopic (exact) mass is 580 g/mol. The Morgan fingerprint density at radius 1 is 0.952 bits per heavy atom. The second kappa shape index (κ2) is 13.8. The first-order valence-electron chi connectivity index (χ1n) is 13.6. The fraction of sp³-hybridized carbons (Fsp3) is 0.379. The van der Waals surface area contributed by atoms with Gasteiger partial charge in [0, 0.05) is 17.0 Å². The number of rotatable bonds is 13. The second-order valence-corrected chi connectivity index (χ2v) is 9.77. The van der Waals surface area contributed by atoms with Crippen molar-refractivity contribution in [3.8, 4) is 28.5 Å². The van der Waals surface area contributed by atoms with Crippen LogP contribution in [0, 0.1) is 5.82 Å². The highest BCUT2D eigenvalue weighted by Crippen LogP contribution is 2.28. The summed E-state index contributed by atoms with van der Waals surface area (Å²) >= 11 is 0. The van der Waals surface area contributed by atoms with Gasteiger partial charge in [0.05, 0.1) is 18.2 Å². The number of ether oxygens (including phenoxy) is 2. The summed E-state index contributed by atoms with van der Waals surface area (Å²) in [5, 5.41) is 10.6. The Morgan fingerprint density at radius 3 is 2.19 bits per heavy atom. The maximum atomic E-state index is 14.9. The molecule has 2 heterocycles. The number of hydrogen-bond acceptors (Lipinski definition) is 11. The number of halogens is 1. The van der Waals surface area contributed by atoms with Crippen molar-refractivity contribution in [2.45, 2.75) is 58.6 Å². The molecule has 222 valence electrons. The number of benzene rings is 2. The second-order valence-electron chi connectivity index (χ2n) is 9.77. The third kappa shape index (κ3) is 7.35. The molecule has 1 amide bonds. The van der Waals surface area contributed by atoms with E-state index in [9.17, 15) is 14.0 Å². The first kappa shape index (κ1) is 30.3. The molecular weight excluding hydrogens is 547 g/mol. The molecule has 0 fully saturated rings. The van der Waals surface area contributed by atoms with E-state index >= 15 is 0 Å². The molecule has 4 rings (SSSR count). The molecule has 0 spiro atoms. The van der Waals surface area contributed by atoms with Gasteiger partial charge in [0.1, 0.15) is 18.2 Å². The summed E-state index contributed by atoms with van der Waals surface area (Å²) in [6, 6.07) is 10.7. The van der Waals surface area contributed by atoms with Crippen molar-refractivity contribution < 1.29 is 32.5 Å². The van der Waals surface area contributed by atoms with Gasteiger partial charge in [0.15, 0.2) is 6.10 Å². The van der Waals surface area contributed by atoms with E-state index in [1.807, 2.05) is 32.9 Å². The lowest BCUT2D eigenvalue weighted by Gasteiger charge is -2.17. The van der Waals surface area contributed by atoms with Crippen molar-refractivity contribution in [3.05, 3.63) is 65.6 Å². The Balaban J connectivity index is 1.41. The molecule has 2 atom stereocenters. The van der Waals surface area contributed by atoms with Crippen LogP contribution in [0.15, 0.2) is 51.5 Å². The van der Waals surface area contributed by atoms with Crippen LogP contribution in [0.25, 0.3) is 22.8 Å². The molecule has 42 heavy (non-hydrogen) atoms. The van der Waals surface area contributed by atoms with Crippen LogP contribution in [0.1, 0.15) is 74.7 Å². The molecule has 2 aromatic heterocycles. The minimum Gasteiger partial charge on any atom is -0.481 e. The highest BCUT2D eigenvalue weighted by Gasteiger charge is 2.22. The van der Waals surface area contributed by atoms with Crippen LogP contribution in [0.2, 0.25) is 0 Å². The van der Waals surface area contributed by atoms with E-state index in [-0.39, 0.29) is 36.3 Å². The number of nitrogens with one attached hydrogen (secondary N) is 1. The summed E-state index contributed by atoms with van der Waals surface area (Å²) in [5.74, 6) is 0.121. The van der Waals surface area contributed by atoms with Crippen LogP contribution in [0.4, 0.5) is 4.39 Å². The minimum absolute atomic E-state index is 0.0631. The van der Waals surface area contributed by atoms with Crippen molar-refractivity contribution in [1.82, 2.24) is 25.6 Å². The predicted molar refractivity (Wildman–Crippen MR) is 149 cm³/mol. The van der Waals surface area contributed by atoms with Gasteiger partial charge in [0.2, 0.25) is 17.5 Å². The van der Waals surface area contributed by atoms with Crippen molar-refractivity contribution in [2.75, 3.05) is 13.2 Å². The number of aromatic nitrogens is 4. The van der Waals surface area contributed by atoms with Gasteiger partial charge in [-0.25, -0.2) is 4.39 Å². The van der Waals surface area contributed by atoms with Crippen LogP contribution >= 0.6 is 0 Å². The molecule has 0 saturated heterocycles. The molecule has 12 nitrogen and oxygen atoms in total. The minimum atomic E-state index is -0.768. The number of amides is 1. The normalized spacial score (nSPS) is 12.6. The number of hydrogen-bond donors (Lipinski definition) is 2. The molecule has 1 unspecified atom stereocenters. The van der Waals surface area contributed by atoms with Crippen LogP contribution in [0.5, 0.6) is 5.75 Å². The molecule has 3 N–H and O–H groups in total. The quantitative estimate of drug-likeness (QED) is 0.212. The number of esters is 1. The van der Waals surface area contributed by atoms with Gasteiger partial charge >= 0.3 is 5.97 Å². The van der Waals surface area contributed by atoms with Gasteiger partial charge in [0.25, 0.3) is 11.8 Å². The molecular formula is C29H33FN6O6. The molecule has 0 aliphatic carbocycles. The van der Waals surface area contributed by atoms with E-state index in [1.54, 1.807) is 19.1 Å². The zero-order valence-electron chi connectivity index (χ0n) is 23.8. The summed E-state index contributed by atoms with van der Waals surface area (Å²) < 4.78 is 36.7. The number of nitrogens with two attached hydrogens (primary N) is 1. The fourth-order valence-electron chi connectivity index (χ4n) is 3.84. The lowest BCUT2D eigenvalue weighted by Crippen LogP contribution is -2.39. The van der Waals surface area contributed by atoms with E-state index < -0.39 is 29.8 Å². The Kier molecular flexibility index (Phi) is 9.97. The number of nitrogens with zero attached hydrogens (tertiary/aromatic N) is 4. The number of carbonyl (C=O) groups is 2. The Hall–Kier alpha value is -4.65. The maximum Gasteiger partial charge on any atom is 0.319 e. The lowest BCUT2D eigenvalue weighted by atomic mass is 10.1. The summed E-state index contributed by atoms with van der Waals surface area (Å²) in [4.78, 5) is 32.7. The Bertz CT molecular complexity index is 1500. The molecule has 0 saturated carbocycles. The molecule has 4 aromatic rings. The molecule has 2 aromatic carbocycles. The zero-order chi connectivity index (χ0) is 30.2. The van der Waals surface area contributed by atoms with E-state index in [2.05, 4.69) is 25.6 Å². The summed E-state index contributed by atoms with van der Waals surface area (Å²) in [6.45, 7) is 7.33. The molecule has 0 bridgehead atoms. The Morgan fingerprint density at radius 2 is 1.60 bits per heavy atom.